The topological polar surface area (TPSA) is 49.8 Å². The molecular formula is C18H16BrFN4. The Morgan fingerprint density at radius 1 is 1.04 bits per heavy atom. The summed E-state index contributed by atoms with van der Waals surface area (Å²) in [5.41, 5.74) is 1.98. The molecular weight excluding hydrogens is 371 g/mol. The quantitative estimate of drug-likeness (QED) is 0.640. The van der Waals surface area contributed by atoms with Crippen molar-refractivity contribution in [1.29, 1.82) is 0 Å². The van der Waals surface area contributed by atoms with Crippen LogP contribution in [0.2, 0.25) is 0 Å². The summed E-state index contributed by atoms with van der Waals surface area (Å²) in [6.07, 6.45) is 2.49. The molecule has 0 spiro atoms. The maximum atomic E-state index is 12.9. The Labute approximate surface area is 148 Å². The van der Waals surface area contributed by atoms with E-state index in [9.17, 15) is 4.39 Å². The summed E-state index contributed by atoms with van der Waals surface area (Å²) in [7, 11) is 0. The Morgan fingerprint density at radius 3 is 2.67 bits per heavy atom. The van der Waals surface area contributed by atoms with Gasteiger partial charge in [0.25, 0.3) is 0 Å². The van der Waals surface area contributed by atoms with Crippen LogP contribution in [0.15, 0.2) is 65.3 Å². The zero-order chi connectivity index (χ0) is 16.8. The lowest BCUT2D eigenvalue weighted by Gasteiger charge is -2.09. The predicted molar refractivity (Wildman–Crippen MR) is 98.1 cm³/mol. The number of halogens is 2. The Morgan fingerprint density at radius 2 is 1.88 bits per heavy atom. The van der Waals surface area contributed by atoms with Crippen LogP contribution in [-0.4, -0.2) is 16.5 Å². The molecule has 0 amide bonds. The summed E-state index contributed by atoms with van der Waals surface area (Å²) in [5, 5.41) is 6.42. The number of anilines is 3. The molecule has 0 aliphatic heterocycles. The maximum absolute atomic E-state index is 12.9. The summed E-state index contributed by atoms with van der Waals surface area (Å²) in [6, 6.07) is 16.1. The zero-order valence-corrected chi connectivity index (χ0v) is 14.4. The third-order valence-electron chi connectivity index (χ3n) is 3.37. The number of rotatable bonds is 6. The van der Waals surface area contributed by atoms with Crippen LogP contribution >= 0.6 is 15.9 Å². The van der Waals surface area contributed by atoms with Gasteiger partial charge < -0.3 is 10.6 Å². The van der Waals surface area contributed by atoms with Gasteiger partial charge in [0.15, 0.2) is 0 Å². The van der Waals surface area contributed by atoms with Gasteiger partial charge in [0, 0.05) is 22.9 Å². The van der Waals surface area contributed by atoms with Gasteiger partial charge in [-0.25, -0.2) is 9.37 Å². The Bertz CT molecular complexity index is 808. The lowest BCUT2D eigenvalue weighted by molar-refractivity contribution is 0.627. The Balaban J connectivity index is 1.57. The van der Waals surface area contributed by atoms with E-state index in [1.807, 2.05) is 30.3 Å². The van der Waals surface area contributed by atoms with Crippen LogP contribution in [-0.2, 0) is 6.42 Å². The third kappa shape index (κ3) is 4.76. The van der Waals surface area contributed by atoms with E-state index in [4.69, 9.17) is 0 Å². The highest BCUT2D eigenvalue weighted by molar-refractivity contribution is 9.10. The van der Waals surface area contributed by atoms with E-state index < -0.39 is 0 Å². The van der Waals surface area contributed by atoms with Crippen LogP contribution in [0.25, 0.3) is 0 Å². The first kappa shape index (κ1) is 16.4. The highest BCUT2D eigenvalue weighted by atomic mass is 79.9. The molecule has 4 nitrogen and oxygen atoms in total. The number of nitrogens with one attached hydrogen (secondary N) is 2. The SMILES string of the molecule is Fc1ccc(CCNc2ccnc(Nc3cccc(Br)c3)n2)cc1. The lowest BCUT2D eigenvalue weighted by atomic mass is 10.1. The predicted octanol–water partition coefficient (Wildman–Crippen LogP) is 4.78. The zero-order valence-electron chi connectivity index (χ0n) is 12.8. The van der Waals surface area contributed by atoms with E-state index in [0.29, 0.717) is 12.5 Å². The third-order valence-corrected chi connectivity index (χ3v) is 3.86. The van der Waals surface area contributed by atoms with Gasteiger partial charge in [-0.3, -0.25) is 0 Å². The average Bonchev–Trinajstić information content (AvgIpc) is 2.57. The summed E-state index contributed by atoms with van der Waals surface area (Å²) in [6.45, 7) is 0.707. The summed E-state index contributed by atoms with van der Waals surface area (Å²) < 4.78 is 13.9. The van der Waals surface area contributed by atoms with Crippen LogP contribution in [0.3, 0.4) is 0 Å². The van der Waals surface area contributed by atoms with Crippen LogP contribution in [0.1, 0.15) is 5.56 Å². The molecule has 2 aromatic carbocycles. The number of aromatic nitrogens is 2. The van der Waals surface area contributed by atoms with Crippen molar-refractivity contribution in [1.82, 2.24) is 9.97 Å². The molecule has 2 N–H and O–H groups in total. The minimum Gasteiger partial charge on any atom is -0.370 e. The van der Waals surface area contributed by atoms with Gasteiger partial charge in [-0.2, -0.15) is 4.98 Å². The smallest absolute Gasteiger partial charge is 0.229 e. The van der Waals surface area contributed by atoms with Crippen molar-refractivity contribution in [3.8, 4) is 0 Å². The first-order chi connectivity index (χ1) is 11.7. The molecule has 0 atom stereocenters. The molecule has 0 saturated carbocycles. The average molecular weight is 387 g/mol. The minimum atomic E-state index is -0.217. The Hall–Kier alpha value is -2.47. The van der Waals surface area contributed by atoms with Crippen LogP contribution in [0, 0.1) is 5.82 Å². The number of hydrogen-bond acceptors (Lipinski definition) is 4. The standard InChI is InChI=1S/C18H16BrFN4/c19-14-2-1-3-16(12-14)23-18-22-11-9-17(24-18)21-10-8-13-4-6-15(20)7-5-13/h1-7,9,11-12H,8,10H2,(H2,21,22,23,24). The first-order valence-corrected chi connectivity index (χ1v) is 8.32. The molecule has 0 radical (unpaired) electrons. The maximum Gasteiger partial charge on any atom is 0.229 e. The Kier molecular flexibility index (Phi) is 5.38. The van der Waals surface area contributed by atoms with E-state index in [0.717, 1.165) is 28.0 Å². The van der Waals surface area contributed by atoms with Crippen molar-refractivity contribution in [2.75, 3.05) is 17.2 Å². The highest BCUT2D eigenvalue weighted by Gasteiger charge is 2.01. The van der Waals surface area contributed by atoms with E-state index in [1.54, 1.807) is 18.3 Å². The second kappa shape index (κ2) is 7.88. The molecule has 0 bridgehead atoms. The molecule has 0 unspecified atom stereocenters. The lowest BCUT2D eigenvalue weighted by Crippen LogP contribution is -2.07. The molecule has 1 aromatic heterocycles. The van der Waals surface area contributed by atoms with E-state index in [1.165, 1.54) is 12.1 Å². The number of hydrogen-bond donors (Lipinski definition) is 2. The van der Waals surface area contributed by atoms with Gasteiger partial charge in [0.05, 0.1) is 0 Å². The van der Waals surface area contributed by atoms with Crippen molar-refractivity contribution in [2.24, 2.45) is 0 Å². The van der Waals surface area contributed by atoms with Gasteiger partial charge in [-0.15, -0.1) is 0 Å². The molecule has 0 aliphatic rings. The highest BCUT2D eigenvalue weighted by Crippen LogP contribution is 2.19. The van der Waals surface area contributed by atoms with Crippen molar-refractivity contribution < 1.29 is 4.39 Å². The fraction of sp³-hybridized carbons (Fsp3) is 0.111. The van der Waals surface area contributed by atoms with Gasteiger partial charge in [0.1, 0.15) is 11.6 Å². The molecule has 0 saturated heterocycles. The van der Waals surface area contributed by atoms with E-state index in [-0.39, 0.29) is 5.82 Å². The molecule has 3 rings (SSSR count). The molecule has 0 fully saturated rings. The summed E-state index contributed by atoms with van der Waals surface area (Å²) >= 11 is 3.43. The monoisotopic (exact) mass is 386 g/mol. The first-order valence-electron chi connectivity index (χ1n) is 7.53. The summed E-state index contributed by atoms with van der Waals surface area (Å²) in [5.74, 6) is 1.05. The van der Waals surface area contributed by atoms with Gasteiger partial charge in [-0.1, -0.05) is 34.1 Å². The van der Waals surface area contributed by atoms with Gasteiger partial charge in [0.2, 0.25) is 5.95 Å². The largest absolute Gasteiger partial charge is 0.370 e. The normalized spacial score (nSPS) is 10.4. The van der Waals surface area contributed by atoms with Crippen molar-refractivity contribution in [2.45, 2.75) is 6.42 Å². The van der Waals surface area contributed by atoms with Crippen LogP contribution in [0.5, 0.6) is 0 Å². The van der Waals surface area contributed by atoms with Crippen molar-refractivity contribution >= 4 is 33.4 Å². The number of benzene rings is 2. The number of nitrogens with zero attached hydrogens (tertiary/aromatic N) is 2. The summed E-state index contributed by atoms with van der Waals surface area (Å²) in [4.78, 5) is 8.66. The second-order valence-electron chi connectivity index (χ2n) is 5.20. The fourth-order valence-electron chi connectivity index (χ4n) is 2.20. The molecule has 24 heavy (non-hydrogen) atoms. The molecule has 122 valence electrons. The molecule has 3 aromatic rings. The van der Waals surface area contributed by atoms with Gasteiger partial charge in [-0.05, 0) is 48.4 Å². The van der Waals surface area contributed by atoms with E-state index in [2.05, 4.69) is 36.5 Å². The molecule has 1 heterocycles. The van der Waals surface area contributed by atoms with Crippen LogP contribution < -0.4 is 10.6 Å². The van der Waals surface area contributed by atoms with Crippen molar-refractivity contribution in [3.63, 3.8) is 0 Å². The second-order valence-corrected chi connectivity index (χ2v) is 6.12. The molecule has 6 heteroatoms. The minimum absolute atomic E-state index is 0.217. The van der Waals surface area contributed by atoms with Gasteiger partial charge >= 0.3 is 0 Å². The van der Waals surface area contributed by atoms with E-state index >= 15 is 0 Å². The van der Waals surface area contributed by atoms with Crippen LogP contribution in [0.4, 0.5) is 21.8 Å². The fourth-order valence-corrected chi connectivity index (χ4v) is 2.60. The molecule has 0 aliphatic carbocycles. The van der Waals surface area contributed by atoms with Crippen molar-refractivity contribution in [3.05, 3.63) is 76.6 Å².